The minimum atomic E-state index is -3.68. The first-order valence-corrected chi connectivity index (χ1v) is 11.0. The highest BCUT2D eigenvalue weighted by Crippen LogP contribution is 2.19. The molecule has 0 saturated carbocycles. The van der Waals surface area contributed by atoms with Crippen LogP contribution in [0, 0.1) is 6.92 Å². The van der Waals surface area contributed by atoms with Crippen LogP contribution in [0.4, 0.5) is 0 Å². The molecular formula is C20H28N2O5S. The molecule has 0 spiro atoms. The van der Waals surface area contributed by atoms with Crippen LogP contribution in [0.15, 0.2) is 34.7 Å². The number of allylic oxidation sites excluding steroid dienone is 1. The number of carbonyl (C=O) groups excluding carboxylic acids is 2. The summed E-state index contributed by atoms with van der Waals surface area (Å²) in [7, 11) is -3.68. The molecule has 1 aromatic rings. The zero-order chi connectivity index (χ0) is 20.6. The molecule has 0 atom stereocenters. The van der Waals surface area contributed by atoms with E-state index in [1.807, 2.05) is 0 Å². The number of hydrogen-bond donors (Lipinski definition) is 2. The third-order valence-corrected chi connectivity index (χ3v) is 6.10. The van der Waals surface area contributed by atoms with Crippen molar-refractivity contribution in [1.29, 1.82) is 0 Å². The lowest BCUT2D eigenvalue weighted by atomic mass is 9.97. The maximum Gasteiger partial charge on any atom is 0.338 e. The van der Waals surface area contributed by atoms with Gasteiger partial charge in [-0.25, -0.2) is 17.9 Å². The second-order valence-electron chi connectivity index (χ2n) is 6.76. The van der Waals surface area contributed by atoms with Gasteiger partial charge in [0, 0.05) is 13.1 Å². The molecule has 0 bridgehead atoms. The average molecular weight is 409 g/mol. The van der Waals surface area contributed by atoms with Crippen molar-refractivity contribution in [3.05, 3.63) is 41.0 Å². The van der Waals surface area contributed by atoms with E-state index in [1.54, 1.807) is 19.9 Å². The highest BCUT2D eigenvalue weighted by molar-refractivity contribution is 7.89. The van der Waals surface area contributed by atoms with Gasteiger partial charge in [-0.3, -0.25) is 4.79 Å². The van der Waals surface area contributed by atoms with Gasteiger partial charge in [-0.2, -0.15) is 0 Å². The lowest BCUT2D eigenvalue weighted by Gasteiger charge is -2.13. The maximum absolute atomic E-state index is 12.3. The summed E-state index contributed by atoms with van der Waals surface area (Å²) in [6.45, 7) is 3.70. The van der Waals surface area contributed by atoms with Crippen molar-refractivity contribution in [3.63, 3.8) is 0 Å². The standard InChI is InChI=1S/C20H28N2O5S/c1-3-22-28(25,26)17-10-9-15(2)18(13-17)20(24)27-14-19(23)21-12-11-16-7-5-4-6-8-16/h7,9-10,13,22H,3-6,8,11-12,14H2,1-2H3,(H,21,23). The van der Waals surface area contributed by atoms with Crippen LogP contribution >= 0.6 is 0 Å². The molecule has 0 radical (unpaired) electrons. The van der Waals surface area contributed by atoms with Crippen molar-refractivity contribution >= 4 is 21.9 Å². The summed E-state index contributed by atoms with van der Waals surface area (Å²) in [5.41, 5.74) is 2.06. The predicted molar refractivity (Wildman–Crippen MR) is 107 cm³/mol. The summed E-state index contributed by atoms with van der Waals surface area (Å²) in [6, 6.07) is 4.23. The van der Waals surface area contributed by atoms with Gasteiger partial charge in [0.15, 0.2) is 6.61 Å². The molecule has 0 fully saturated rings. The van der Waals surface area contributed by atoms with Gasteiger partial charge in [-0.05, 0) is 56.7 Å². The number of amides is 1. The number of ether oxygens (including phenoxy) is 1. The van der Waals surface area contributed by atoms with E-state index in [-0.39, 0.29) is 22.9 Å². The van der Waals surface area contributed by atoms with E-state index in [1.165, 1.54) is 30.5 Å². The highest BCUT2D eigenvalue weighted by Gasteiger charge is 2.19. The smallest absolute Gasteiger partial charge is 0.338 e. The van der Waals surface area contributed by atoms with Crippen molar-refractivity contribution in [2.75, 3.05) is 19.7 Å². The lowest BCUT2D eigenvalue weighted by molar-refractivity contribution is -0.124. The topological polar surface area (TPSA) is 102 Å². The summed E-state index contributed by atoms with van der Waals surface area (Å²) >= 11 is 0. The monoisotopic (exact) mass is 408 g/mol. The quantitative estimate of drug-likeness (QED) is 0.483. The average Bonchev–Trinajstić information content (AvgIpc) is 2.67. The Balaban J connectivity index is 1.88. The predicted octanol–water partition coefficient (Wildman–Crippen LogP) is 2.46. The van der Waals surface area contributed by atoms with E-state index in [4.69, 9.17) is 4.74 Å². The van der Waals surface area contributed by atoms with Crippen molar-refractivity contribution < 1.29 is 22.7 Å². The molecule has 0 aliphatic heterocycles. The van der Waals surface area contributed by atoms with Gasteiger partial charge in [-0.15, -0.1) is 0 Å². The van der Waals surface area contributed by atoms with Crippen LogP contribution in [0.5, 0.6) is 0 Å². The van der Waals surface area contributed by atoms with E-state index >= 15 is 0 Å². The van der Waals surface area contributed by atoms with Crippen molar-refractivity contribution in [2.24, 2.45) is 0 Å². The Bertz CT molecular complexity index is 846. The van der Waals surface area contributed by atoms with Gasteiger partial charge >= 0.3 is 5.97 Å². The van der Waals surface area contributed by atoms with Gasteiger partial charge in [-0.1, -0.05) is 24.6 Å². The number of sulfonamides is 1. The number of esters is 1. The van der Waals surface area contributed by atoms with Crippen LogP contribution in [-0.2, 0) is 19.6 Å². The van der Waals surface area contributed by atoms with Gasteiger partial charge in [0.2, 0.25) is 10.0 Å². The number of rotatable bonds is 9. The number of carbonyl (C=O) groups is 2. The van der Waals surface area contributed by atoms with E-state index in [2.05, 4.69) is 16.1 Å². The third kappa shape index (κ3) is 6.45. The largest absolute Gasteiger partial charge is 0.452 e. The molecular weight excluding hydrogens is 380 g/mol. The molecule has 7 nitrogen and oxygen atoms in total. The van der Waals surface area contributed by atoms with Crippen LogP contribution in [0.25, 0.3) is 0 Å². The Morgan fingerprint density at radius 2 is 2.00 bits per heavy atom. The fourth-order valence-electron chi connectivity index (χ4n) is 3.02. The molecule has 1 aliphatic carbocycles. The van der Waals surface area contributed by atoms with Crippen LogP contribution in [0.1, 0.15) is 54.9 Å². The molecule has 1 amide bonds. The Kier molecular flexibility index (Phi) is 8.19. The first-order chi connectivity index (χ1) is 13.3. The van der Waals surface area contributed by atoms with Crippen molar-refractivity contribution in [3.8, 4) is 0 Å². The van der Waals surface area contributed by atoms with Gasteiger partial charge in [0.25, 0.3) is 5.91 Å². The van der Waals surface area contributed by atoms with Gasteiger partial charge in [0.1, 0.15) is 0 Å². The molecule has 0 unspecified atom stereocenters. The second kappa shape index (κ2) is 10.4. The first-order valence-electron chi connectivity index (χ1n) is 9.55. The summed E-state index contributed by atoms with van der Waals surface area (Å²) in [5.74, 6) is -1.10. The molecule has 2 rings (SSSR count). The lowest BCUT2D eigenvalue weighted by Crippen LogP contribution is -2.30. The third-order valence-electron chi connectivity index (χ3n) is 4.56. The van der Waals surface area contributed by atoms with Crippen LogP contribution in [0.2, 0.25) is 0 Å². The van der Waals surface area contributed by atoms with E-state index in [9.17, 15) is 18.0 Å². The van der Waals surface area contributed by atoms with Crippen LogP contribution in [0.3, 0.4) is 0 Å². The minimum Gasteiger partial charge on any atom is -0.452 e. The second-order valence-corrected chi connectivity index (χ2v) is 8.53. The summed E-state index contributed by atoms with van der Waals surface area (Å²) in [4.78, 5) is 24.2. The van der Waals surface area contributed by atoms with Crippen LogP contribution in [-0.4, -0.2) is 40.0 Å². The maximum atomic E-state index is 12.3. The summed E-state index contributed by atoms with van der Waals surface area (Å²) in [5, 5.41) is 2.74. The Morgan fingerprint density at radius 1 is 1.21 bits per heavy atom. The Labute approximate surface area is 166 Å². The molecule has 0 heterocycles. The molecule has 28 heavy (non-hydrogen) atoms. The minimum absolute atomic E-state index is 0.0166. The zero-order valence-corrected chi connectivity index (χ0v) is 17.2. The molecule has 0 saturated heterocycles. The zero-order valence-electron chi connectivity index (χ0n) is 16.4. The molecule has 154 valence electrons. The molecule has 8 heteroatoms. The summed E-state index contributed by atoms with van der Waals surface area (Å²) in [6.07, 6.45) is 7.64. The Morgan fingerprint density at radius 3 is 2.68 bits per heavy atom. The van der Waals surface area contributed by atoms with E-state index < -0.39 is 22.6 Å². The van der Waals surface area contributed by atoms with E-state index in [0.29, 0.717) is 12.1 Å². The fraction of sp³-hybridized carbons (Fsp3) is 0.500. The SMILES string of the molecule is CCNS(=O)(=O)c1ccc(C)c(C(=O)OCC(=O)NCCC2=CCCCC2)c1. The molecule has 1 aromatic carbocycles. The van der Waals surface area contributed by atoms with Gasteiger partial charge in [0.05, 0.1) is 10.5 Å². The number of aryl methyl sites for hydroxylation is 1. The highest BCUT2D eigenvalue weighted by atomic mass is 32.2. The molecule has 0 aromatic heterocycles. The Hall–Kier alpha value is -2.19. The van der Waals surface area contributed by atoms with Crippen LogP contribution < -0.4 is 10.0 Å². The van der Waals surface area contributed by atoms with Crippen molar-refractivity contribution in [2.45, 2.75) is 50.8 Å². The van der Waals surface area contributed by atoms with Gasteiger partial charge < -0.3 is 10.1 Å². The number of benzene rings is 1. The number of nitrogens with one attached hydrogen (secondary N) is 2. The number of hydrogen-bond acceptors (Lipinski definition) is 5. The van der Waals surface area contributed by atoms with Crippen molar-refractivity contribution in [1.82, 2.24) is 10.0 Å². The fourth-order valence-corrected chi connectivity index (χ4v) is 4.08. The normalized spacial score (nSPS) is 14.3. The van der Waals surface area contributed by atoms with E-state index in [0.717, 1.165) is 19.3 Å². The summed E-state index contributed by atoms with van der Waals surface area (Å²) < 4.78 is 31.6. The molecule has 1 aliphatic rings. The molecule has 2 N–H and O–H groups in total. The first kappa shape index (κ1) is 22.1.